The molecule has 4 heteroatoms. The smallest absolute Gasteiger partial charge is 0.128 e. The third-order valence-electron chi connectivity index (χ3n) is 3.01. The first kappa shape index (κ1) is 13.3. The first-order valence-electron chi connectivity index (χ1n) is 5.98. The molecule has 2 aromatic rings. The Bertz CT molecular complexity index is 597. The van der Waals surface area contributed by atoms with Gasteiger partial charge < -0.3 is 10.6 Å². The number of anilines is 2. The zero-order valence-electron chi connectivity index (χ0n) is 11.0. The summed E-state index contributed by atoms with van der Waals surface area (Å²) in [6.45, 7) is 2.21. The van der Waals surface area contributed by atoms with Gasteiger partial charge in [-0.05, 0) is 42.8 Å². The third kappa shape index (κ3) is 3.02. The highest BCUT2D eigenvalue weighted by atomic mass is 19.1. The van der Waals surface area contributed by atoms with E-state index >= 15 is 0 Å². The van der Waals surface area contributed by atoms with E-state index in [2.05, 4.69) is 0 Å². The van der Waals surface area contributed by atoms with Gasteiger partial charge in [0.15, 0.2) is 0 Å². The average molecular weight is 262 g/mol. The number of benzene rings is 2. The molecule has 0 aromatic heterocycles. The minimum absolute atomic E-state index is 0.261. The number of rotatable bonds is 3. The molecule has 2 aromatic carbocycles. The molecule has 0 amide bonds. The molecule has 0 bridgehead atoms. The van der Waals surface area contributed by atoms with Crippen LogP contribution in [0.15, 0.2) is 36.4 Å². The van der Waals surface area contributed by atoms with Crippen LogP contribution in [0.5, 0.6) is 0 Å². The van der Waals surface area contributed by atoms with E-state index in [1.165, 1.54) is 6.07 Å². The van der Waals surface area contributed by atoms with E-state index in [-0.39, 0.29) is 6.54 Å². The van der Waals surface area contributed by atoms with Crippen molar-refractivity contribution in [3.05, 3.63) is 59.2 Å². The van der Waals surface area contributed by atoms with Gasteiger partial charge in [-0.25, -0.2) is 8.78 Å². The number of aryl methyl sites for hydroxylation is 1. The van der Waals surface area contributed by atoms with E-state index in [1.807, 2.05) is 25.1 Å². The van der Waals surface area contributed by atoms with Crippen LogP contribution in [0.2, 0.25) is 0 Å². The molecule has 0 fully saturated rings. The number of halogens is 2. The zero-order valence-corrected chi connectivity index (χ0v) is 11.0. The standard InChI is InChI=1S/C15H16F2N2/c1-10-3-6-15(14(18)7-10)19(2)9-11-8-12(16)4-5-13(11)17/h3-8H,9,18H2,1-2H3. The van der Waals surface area contributed by atoms with Gasteiger partial charge in [0.25, 0.3) is 0 Å². The lowest BCUT2D eigenvalue weighted by Gasteiger charge is -2.21. The SMILES string of the molecule is Cc1ccc(N(C)Cc2cc(F)ccc2F)c(N)c1. The zero-order chi connectivity index (χ0) is 14.0. The summed E-state index contributed by atoms with van der Waals surface area (Å²) in [6, 6.07) is 9.12. The number of nitrogens with zero attached hydrogens (tertiary/aromatic N) is 1. The summed E-state index contributed by atoms with van der Waals surface area (Å²) >= 11 is 0. The number of hydrogen-bond acceptors (Lipinski definition) is 2. The summed E-state index contributed by atoms with van der Waals surface area (Å²) in [4.78, 5) is 1.80. The van der Waals surface area contributed by atoms with Crippen LogP contribution in [0.25, 0.3) is 0 Å². The second kappa shape index (κ2) is 5.26. The molecule has 2 rings (SSSR count). The molecule has 0 saturated heterocycles. The Morgan fingerprint density at radius 2 is 1.84 bits per heavy atom. The summed E-state index contributed by atoms with van der Waals surface area (Å²) in [5, 5.41) is 0. The fourth-order valence-electron chi connectivity index (χ4n) is 2.03. The van der Waals surface area contributed by atoms with Crippen LogP contribution in [-0.2, 0) is 6.54 Å². The molecule has 2 N–H and O–H groups in total. The Morgan fingerprint density at radius 1 is 1.11 bits per heavy atom. The van der Waals surface area contributed by atoms with Gasteiger partial charge in [-0.1, -0.05) is 6.07 Å². The van der Waals surface area contributed by atoms with Gasteiger partial charge in [0.05, 0.1) is 11.4 Å². The van der Waals surface area contributed by atoms with Crippen molar-refractivity contribution in [3.8, 4) is 0 Å². The lowest BCUT2D eigenvalue weighted by molar-refractivity contribution is 0.583. The number of hydrogen-bond donors (Lipinski definition) is 1. The van der Waals surface area contributed by atoms with E-state index in [9.17, 15) is 8.78 Å². The van der Waals surface area contributed by atoms with Crippen LogP contribution in [-0.4, -0.2) is 7.05 Å². The lowest BCUT2D eigenvalue weighted by Crippen LogP contribution is -2.18. The van der Waals surface area contributed by atoms with Crippen LogP contribution >= 0.6 is 0 Å². The van der Waals surface area contributed by atoms with Gasteiger partial charge in [0.2, 0.25) is 0 Å². The van der Waals surface area contributed by atoms with E-state index in [0.717, 1.165) is 23.4 Å². The highest BCUT2D eigenvalue weighted by Crippen LogP contribution is 2.25. The van der Waals surface area contributed by atoms with E-state index in [0.29, 0.717) is 11.3 Å². The van der Waals surface area contributed by atoms with Crippen molar-refractivity contribution in [2.24, 2.45) is 0 Å². The number of nitrogens with two attached hydrogens (primary N) is 1. The molecule has 0 saturated carbocycles. The van der Waals surface area contributed by atoms with Crippen molar-refractivity contribution in [1.29, 1.82) is 0 Å². The summed E-state index contributed by atoms with van der Waals surface area (Å²) in [6.07, 6.45) is 0. The Balaban J connectivity index is 2.25. The predicted octanol–water partition coefficient (Wildman–Crippen LogP) is 3.49. The maximum atomic E-state index is 13.6. The third-order valence-corrected chi connectivity index (χ3v) is 3.01. The van der Waals surface area contributed by atoms with Gasteiger partial charge in [0, 0.05) is 19.2 Å². The largest absolute Gasteiger partial charge is 0.397 e. The van der Waals surface area contributed by atoms with Crippen molar-refractivity contribution in [2.75, 3.05) is 17.7 Å². The van der Waals surface area contributed by atoms with Crippen molar-refractivity contribution >= 4 is 11.4 Å². The molecule has 2 nitrogen and oxygen atoms in total. The Morgan fingerprint density at radius 3 is 2.53 bits per heavy atom. The molecule has 0 aliphatic heterocycles. The monoisotopic (exact) mass is 262 g/mol. The molecule has 0 spiro atoms. The van der Waals surface area contributed by atoms with Gasteiger partial charge >= 0.3 is 0 Å². The summed E-state index contributed by atoms with van der Waals surface area (Å²) in [5.41, 5.74) is 8.73. The maximum Gasteiger partial charge on any atom is 0.128 e. The molecular formula is C15H16F2N2. The summed E-state index contributed by atoms with van der Waals surface area (Å²) in [5.74, 6) is -0.861. The Labute approximate surface area is 111 Å². The predicted molar refractivity (Wildman–Crippen MR) is 74.1 cm³/mol. The topological polar surface area (TPSA) is 29.3 Å². The van der Waals surface area contributed by atoms with E-state index in [4.69, 9.17) is 5.73 Å². The highest BCUT2D eigenvalue weighted by Gasteiger charge is 2.10. The molecule has 0 radical (unpaired) electrons. The Kier molecular flexibility index (Phi) is 3.69. The van der Waals surface area contributed by atoms with Gasteiger partial charge in [-0.3, -0.25) is 0 Å². The molecule has 0 heterocycles. The van der Waals surface area contributed by atoms with E-state index in [1.54, 1.807) is 11.9 Å². The quantitative estimate of drug-likeness (QED) is 0.858. The van der Waals surface area contributed by atoms with Crippen LogP contribution in [0, 0.1) is 18.6 Å². The first-order chi connectivity index (χ1) is 8.97. The molecule has 0 aliphatic rings. The summed E-state index contributed by atoms with van der Waals surface area (Å²) in [7, 11) is 1.80. The van der Waals surface area contributed by atoms with Gasteiger partial charge in [-0.15, -0.1) is 0 Å². The second-order valence-corrected chi connectivity index (χ2v) is 4.65. The molecule has 0 atom stereocenters. The molecular weight excluding hydrogens is 246 g/mol. The fraction of sp³-hybridized carbons (Fsp3) is 0.200. The van der Waals surface area contributed by atoms with Crippen molar-refractivity contribution in [3.63, 3.8) is 0 Å². The first-order valence-corrected chi connectivity index (χ1v) is 5.98. The lowest BCUT2D eigenvalue weighted by atomic mass is 10.1. The number of nitrogen functional groups attached to an aromatic ring is 1. The van der Waals surface area contributed by atoms with Crippen LogP contribution in [0.3, 0.4) is 0 Å². The van der Waals surface area contributed by atoms with Crippen molar-refractivity contribution in [1.82, 2.24) is 0 Å². The van der Waals surface area contributed by atoms with Gasteiger partial charge in [-0.2, -0.15) is 0 Å². The van der Waals surface area contributed by atoms with Crippen molar-refractivity contribution < 1.29 is 8.78 Å². The molecule has 100 valence electrons. The van der Waals surface area contributed by atoms with Crippen LogP contribution < -0.4 is 10.6 Å². The minimum Gasteiger partial charge on any atom is -0.397 e. The second-order valence-electron chi connectivity index (χ2n) is 4.65. The minimum atomic E-state index is -0.443. The fourth-order valence-corrected chi connectivity index (χ4v) is 2.03. The molecule has 0 unspecified atom stereocenters. The van der Waals surface area contributed by atoms with Crippen LogP contribution in [0.4, 0.5) is 20.2 Å². The molecule has 19 heavy (non-hydrogen) atoms. The maximum absolute atomic E-state index is 13.6. The Hall–Kier alpha value is -2.10. The van der Waals surface area contributed by atoms with E-state index < -0.39 is 11.6 Å². The molecule has 0 aliphatic carbocycles. The van der Waals surface area contributed by atoms with Crippen LogP contribution in [0.1, 0.15) is 11.1 Å². The van der Waals surface area contributed by atoms with Crippen molar-refractivity contribution in [2.45, 2.75) is 13.5 Å². The normalized spacial score (nSPS) is 10.5. The average Bonchev–Trinajstić information content (AvgIpc) is 2.33. The highest BCUT2D eigenvalue weighted by molar-refractivity contribution is 5.68. The summed E-state index contributed by atoms with van der Waals surface area (Å²) < 4.78 is 26.7. The van der Waals surface area contributed by atoms with Gasteiger partial charge in [0.1, 0.15) is 11.6 Å².